The molecule has 1 aromatic carbocycles. The molecule has 2 fully saturated rings. The lowest BCUT2D eigenvalue weighted by Gasteiger charge is -2.47. The van der Waals surface area contributed by atoms with Crippen LogP contribution in [0.3, 0.4) is 0 Å². The summed E-state index contributed by atoms with van der Waals surface area (Å²) < 4.78 is 44.1. The van der Waals surface area contributed by atoms with E-state index in [1.165, 1.54) is 12.1 Å². The monoisotopic (exact) mass is 636 g/mol. The van der Waals surface area contributed by atoms with E-state index in [1.807, 2.05) is 0 Å². The Morgan fingerprint density at radius 2 is 1.69 bits per heavy atom. The maximum Gasteiger partial charge on any atom is 0.342 e. The van der Waals surface area contributed by atoms with Gasteiger partial charge in [-0.05, 0) is 12.1 Å². The largest absolute Gasteiger partial charge is 0.504 e. The fourth-order valence-corrected chi connectivity index (χ4v) is 5.17. The molecule has 0 bridgehead atoms. The van der Waals surface area contributed by atoms with Crippen molar-refractivity contribution in [2.45, 2.75) is 69.8 Å². The minimum atomic E-state index is -1.82. The predicted octanol–water partition coefficient (Wildman–Crippen LogP) is 0.512. The van der Waals surface area contributed by atoms with Crippen LogP contribution in [0.15, 0.2) is 42.7 Å². The van der Waals surface area contributed by atoms with Crippen molar-refractivity contribution in [1.29, 1.82) is 0 Å². The van der Waals surface area contributed by atoms with Gasteiger partial charge in [0.1, 0.15) is 29.4 Å². The van der Waals surface area contributed by atoms with E-state index in [-0.39, 0.29) is 18.6 Å². The Hall–Kier alpha value is -4.67. The van der Waals surface area contributed by atoms with Crippen LogP contribution < -0.4 is 0 Å². The lowest BCUT2D eigenvalue weighted by Crippen LogP contribution is -2.64. The Kier molecular flexibility index (Phi) is 10.00. The Morgan fingerprint density at radius 3 is 2.33 bits per heavy atom. The number of fused-ring (bicyclic) bond motifs is 1. The number of phenolic OH excluding ortho intramolecular Hbond substituents is 2. The van der Waals surface area contributed by atoms with Crippen molar-refractivity contribution in [3.05, 3.63) is 48.3 Å². The molecule has 1 aromatic rings. The molecule has 0 radical (unpaired) electrons. The zero-order valence-electron chi connectivity index (χ0n) is 24.4. The lowest BCUT2D eigenvalue weighted by molar-refractivity contribution is -0.345. The van der Waals surface area contributed by atoms with Crippen LogP contribution in [0.4, 0.5) is 0 Å². The molecule has 3 aliphatic rings. The van der Waals surface area contributed by atoms with Crippen LogP contribution in [-0.2, 0) is 57.1 Å². The number of esters is 5. The number of benzene rings is 1. The molecule has 16 heteroatoms. The molecule has 0 saturated carbocycles. The lowest BCUT2D eigenvalue weighted by atomic mass is 9.76. The predicted molar refractivity (Wildman–Crippen MR) is 144 cm³/mol. The van der Waals surface area contributed by atoms with Gasteiger partial charge in [0.2, 0.25) is 12.6 Å². The third kappa shape index (κ3) is 7.02. The Labute approximate surface area is 256 Å². The first-order valence-corrected chi connectivity index (χ1v) is 13.7. The van der Waals surface area contributed by atoms with Crippen LogP contribution in [0.1, 0.15) is 37.6 Å². The van der Waals surface area contributed by atoms with Gasteiger partial charge in [-0.25, -0.2) is 9.59 Å². The number of phenols is 2. The number of carbonyl (C=O) groups excluding carboxylic acids is 5. The highest BCUT2D eigenvalue weighted by Crippen LogP contribution is 2.43. The second-order valence-electron chi connectivity index (χ2n) is 10.3. The van der Waals surface area contributed by atoms with E-state index in [0.29, 0.717) is 0 Å². The van der Waals surface area contributed by atoms with Crippen molar-refractivity contribution >= 4 is 29.8 Å². The molecule has 3 aliphatic heterocycles. The Morgan fingerprint density at radius 1 is 1.00 bits per heavy atom. The smallest absolute Gasteiger partial charge is 0.342 e. The second kappa shape index (κ2) is 13.5. The summed E-state index contributed by atoms with van der Waals surface area (Å²) in [6, 6.07) is 3.52. The summed E-state index contributed by atoms with van der Waals surface area (Å²) in [5.74, 6) is -7.12. The molecule has 3 N–H and O–H groups in total. The summed E-state index contributed by atoms with van der Waals surface area (Å²) >= 11 is 0. The third-order valence-corrected chi connectivity index (χ3v) is 7.21. The van der Waals surface area contributed by atoms with E-state index in [9.17, 15) is 39.3 Å². The average Bonchev–Trinajstić information content (AvgIpc) is 2.95. The number of rotatable bonds is 9. The number of cyclic esters (lactones) is 1. The van der Waals surface area contributed by atoms with Crippen LogP contribution >= 0.6 is 0 Å². The number of para-hydroxylation sites is 1. The topological polar surface area (TPSA) is 220 Å². The molecular formula is C29H32O16. The van der Waals surface area contributed by atoms with Crippen LogP contribution in [0.2, 0.25) is 0 Å². The van der Waals surface area contributed by atoms with Crippen molar-refractivity contribution in [2.75, 3.05) is 13.2 Å². The number of hydrogen-bond acceptors (Lipinski definition) is 16. The number of aliphatic hydroxyl groups is 1. The number of hydrogen-bond donors (Lipinski definition) is 3. The minimum Gasteiger partial charge on any atom is -0.504 e. The Bertz CT molecular complexity index is 1390. The standard InChI is InChI=1S/C29H32O16/c1-5-17-27(40-11-18-26(36)38-10-9-29(17,18)37)45-28-24(42-15(4)32)23(41-14(3)31)22(20(43-28)12-39-13(2)30)44-25(35)16-7-6-8-19(33)21(16)34/h5-8,11,17,20,22-24,27-28,33-34,37H,1,9-10,12H2,2-4H3/t17-,20+,22+,23-,24+,27-,28-,29+/m0/s1. The fraction of sp³-hybridized carbons (Fsp3) is 0.483. The van der Waals surface area contributed by atoms with Gasteiger partial charge in [0.15, 0.2) is 29.8 Å². The molecule has 0 amide bonds. The third-order valence-electron chi connectivity index (χ3n) is 7.21. The van der Waals surface area contributed by atoms with Crippen LogP contribution in [0.5, 0.6) is 11.5 Å². The van der Waals surface area contributed by atoms with Crippen molar-refractivity contribution in [1.82, 2.24) is 0 Å². The highest BCUT2D eigenvalue weighted by atomic mass is 16.8. The first-order valence-electron chi connectivity index (χ1n) is 13.7. The van der Waals surface area contributed by atoms with E-state index in [2.05, 4.69) is 6.58 Å². The van der Waals surface area contributed by atoms with Gasteiger partial charge in [-0.1, -0.05) is 12.1 Å². The quantitative estimate of drug-likeness (QED) is 0.145. The normalized spacial score (nSPS) is 30.7. The molecule has 2 saturated heterocycles. The van der Waals surface area contributed by atoms with Crippen LogP contribution in [0.25, 0.3) is 0 Å². The average molecular weight is 637 g/mol. The molecule has 45 heavy (non-hydrogen) atoms. The van der Waals surface area contributed by atoms with Gasteiger partial charge in [-0.2, -0.15) is 0 Å². The molecule has 8 atom stereocenters. The minimum absolute atomic E-state index is 0.0333. The van der Waals surface area contributed by atoms with Gasteiger partial charge in [-0.15, -0.1) is 6.58 Å². The summed E-state index contributed by atoms with van der Waals surface area (Å²) in [5.41, 5.74) is -2.47. The van der Waals surface area contributed by atoms with Gasteiger partial charge in [-0.3, -0.25) is 14.4 Å². The molecule has 0 aromatic heterocycles. The molecule has 3 heterocycles. The van der Waals surface area contributed by atoms with Crippen molar-refractivity contribution in [3.8, 4) is 11.5 Å². The summed E-state index contributed by atoms with van der Waals surface area (Å²) in [5, 5.41) is 31.5. The highest BCUT2D eigenvalue weighted by molar-refractivity contribution is 5.93. The summed E-state index contributed by atoms with van der Waals surface area (Å²) in [4.78, 5) is 61.7. The van der Waals surface area contributed by atoms with Gasteiger partial charge >= 0.3 is 29.8 Å². The first kappa shape index (κ1) is 33.2. The first-order chi connectivity index (χ1) is 21.3. The molecule has 0 aliphatic carbocycles. The van der Waals surface area contributed by atoms with E-state index in [0.717, 1.165) is 39.2 Å². The summed E-state index contributed by atoms with van der Waals surface area (Å²) in [6.45, 7) is 6.16. The van der Waals surface area contributed by atoms with Crippen molar-refractivity contribution < 1.29 is 77.2 Å². The van der Waals surface area contributed by atoms with Gasteiger partial charge in [0, 0.05) is 27.2 Å². The van der Waals surface area contributed by atoms with Gasteiger partial charge < -0.3 is 53.2 Å². The molecular weight excluding hydrogens is 604 g/mol. The fourth-order valence-electron chi connectivity index (χ4n) is 5.17. The molecule has 244 valence electrons. The number of carbonyl (C=O) groups is 5. The zero-order chi connectivity index (χ0) is 33.1. The van der Waals surface area contributed by atoms with E-state index in [4.69, 9.17) is 37.9 Å². The molecule has 16 nitrogen and oxygen atoms in total. The maximum absolute atomic E-state index is 13.2. The molecule has 0 spiro atoms. The van der Waals surface area contributed by atoms with E-state index >= 15 is 0 Å². The van der Waals surface area contributed by atoms with E-state index < -0.39 is 102 Å². The SMILES string of the molecule is C=C[C@H]1[C@H](O[C@@H]2O[C@H](COC(C)=O)[C@@H](OC(=O)c3cccc(O)c3O)[C@H](OC(C)=O)[C@H]2OC(C)=O)OC=C2C(=O)OCC[C@]21O. The van der Waals surface area contributed by atoms with Crippen LogP contribution in [0, 0.1) is 5.92 Å². The van der Waals surface area contributed by atoms with Gasteiger partial charge in [0.25, 0.3) is 0 Å². The van der Waals surface area contributed by atoms with Crippen LogP contribution in [-0.4, -0.2) is 101 Å². The molecule has 4 rings (SSSR count). The van der Waals surface area contributed by atoms with E-state index in [1.54, 1.807) is 0 Å². The van der Waals surface area contributed by atoms with Crippen molar-refractivity contribution in [3.63, 3.8) is 0 Å². The summed E-state index contributed by atoms with van der Waals surface area (Å²) in [6.07, 6.45) is -7.35. The van der Waals surface area contributed by atoms with Gasteiger partial charge in [0.05, 0.1) is 18.8 Å². The molecule has 0 unspecified atom stereocenters. The second-order valence-corrected chi connectivity index (χ2v) is 10.3. The summed E-state index contributed by atoms with van der Waals surface area (Å²) in [7, 11) is 0. The maximum atomic E-state index is 13.2. The highest BCUT2D eigenvalue weighted by Gasteiger charge is 2.57. The number of ether oxygens (including phenoxy) is 8. The zero-order valence-corrected chi connectivity index (χ0v) is 24.4. The van der Waals surface area contributed by atoms with Crippen molar-refractivity contribution in [2.24, 2.45) is 5.92 Å². The Balaban J connectivity index is 1.73. The number of aromatic hydroxyl groups is 2.